The third-order valence-electron chi connectivity index (χ3n) is 3.85. The van der Waals surface area contributed by atoms with Gasteiger partial charge in [0.1, 0.15) is 0 Å². The molecule has 1 amide bonds. The topological polar surface area (TPSA) is 66.4 Å². The zero-order valence-corrected chi connectivity index (χ0v) is 9.45. The molecule has 0 spiro atoms. The molecule has 0 radical (unpaired) electrons. The largest absolute Gasteiger partial charge is 0.481 e. The van der Waals surface area contributed by atoms with Crippen molar-refractivity contribution in [2.24, 2.45) is 11.8 Å². The zero-order chi connectivity index (χ0) is 11.5. The van der Waals surface area contributed by atoms with Crippen LogP contribution in [0.2, 0.25) is 0 Å². The highest BCUT2D eigenvalue weighted by atomic mass is 16.4. The first kappa shape index (κ1) is 11.4. The van der Waals surface area contributed by atoms with E-state index < -0.39 is 5.97 Å². The van der Waals surface area contributed by atoms with Gasteiger partial charge in [-0.3, -0.25) is 9.59 Å². The minimum absolute atomic E-state index is 0.0679. The van der Waals surface area contributed by atoms with Crippen LogP contribution in [0.4, 0.5) is 0 Å². The fourth-order valence-corrected chi connectivity index (χ4v) is 2.83. The summed E-state index contributed by atoms with van der Waals surface area (Å²) in [5, 5.41) is 11.9. The Morgan fingerprint density at radius 3 is 2.19 bits per heavy atom. The van der Waals surface area contributed by atoms with Crippen LogP contribution in [-0.4, -0.2) is 23.0 Å². The number of carbonyl (C=O) groups is 2. The maximum atomic E-state index is 11.9. The summed E-state index contributed by atoms with van der Waals surface area (Å²) in [5.74, 6) is -1.05. The molecule has 90 valence electrons. The molecule has 4 nitrogen and oxygen atoms in total. The Morgan fingerprint density at radius 1 is 1.00 bits per heavy atom. The fraction of sp³-hybridized carbons (Fsp3) is 0.833. The van der Waals surface area contributed by atoms with Crippen molar-refractivity contribution < 1.29 is 14.7 Å². The minimum atomic E-state index is -0.754. The van der Waals surface area contributed by atoms with Gasteiger partial charge in [0, 0.05) is 12.0 Å². The van der Waals surface area contributed by atoms with E-state index in [4.69, 9.17) is 5.11 Å². The van der Waals surface area contributed by atoms with Crippen molar-refractivity contribution in [1.29, 1.82) is 0 Å². The second-order valence-electron chi connectivity index (χ2n) is 5.04. The maximum Gasteiger partial charge on any atom is 0.306 e. The predicted octanol–water partition coefficient (Wildman–Crippen LogP) is 1.55. The Kier molecular flexibility index (Phi) is 3.46. The SMILES string of the molecule is O=C(O)[C@H]1CC[C@@H](C(=O)NC2CCCC2)C1. The first-order chi connectivity index (χ1) is 7.66. The molecule has 0 aliphatic heterocycles. The van der Waals surface area contributed by atoms with Crippen molar-refractivity contribution >= 4 is 11.9 Å². The number of hydrogen-bond donors (Lipinski definition) is 2. The molecule has 0 heterocycles. The lowest BCUT2D eigenvalue weighted by atomic mass is 10.0. The number of hydrogen-bond acceptors (Lipinski definition) is 2. The summed E-state index contributed by atoms with van der Waals surface area (Å²) in [6.07, 6.45) is 6.48. The number of rotatable bonds is 3. The summed E-state index contributed by atoms with van der Waals surface area (Å²) in [7, 11) is 0. The summed E-state index contributed by atoms with van der Waals surface area (Å²) < 4.78 is 0. The van der Waals surface area contributed by atoms with Crippen LogP contribution in [0.3, 0.4) is 0 Å². The highest BCUT2D eigenvalue weighted by Gasteiger charge is 2.34. The van der Waals surface area contributed by atoms with Crippen LogP contribution in [-0.2, 0) is 9.59 Å². The van der Waals surface area contributed by atoms with Gasteiger partial charge < -0.3 is 10.4 Å². The number of carboxylic acid groups (broad SMARTS) is 1. The van der Waals surface area contributed by atoms with Crippen LogP contribution in [0.1, 0.15) is 44.9 Å². The van der Waals surface area contributed by atoms with Gasteiger partial charge >= 0.3 is 5.97 Å². The monoisotopic (exact) mass is 225 g/mol. The number of amides is 1. The molecule has 0 bridgehead atoms. The lowest BCUT2D eigenvalue weighted by Gasteiger charge is -2.15. The highest BCUT2D eigenvalue weighted by Crippen LogP contribution is 2.31. The number of aliphatic carboxylic acids is 1. The molecule has 0 aromatic rings. The Labute approximate surface area is 95.4 Å². The molecule has 16 heavy (non-hydrogen) atoms. The molecule has 0 aromatic carbocycles. The molecular formula is C12H19NO3. The first-order valence-corrected chi connectivity index (χ1v) is 6.20. The second kappa shape index (κ2) is 4.85. The highest BCUT2D eigenvalue weighted by molar-refractivity contribution is 5.81. The predicted molar refractivity (Wildman–Crippen MR) is 58.9 cm³/mol. The standard InChI is InChI=1S/C12H19NO3/c14-11(13-10-3-1-2-4-10)8-5-6-9(7-8)12(15)16/h8-10H,1-7H2,(H,13,14)(H,15,16)/t8-,9+/m1/s1. The van der Waals surface area contributed by atoms with E-state index in [-0.39, 0.29) is 17.7 Å². The molecular weight excluding hydrogens is 206 g/mol. The summed E-state index contributed by atoms with van der Waals surface area (Å²) in [5.41, 5.74) is 0. The molecule has 2 fully saturated rings. The molecule has 2 atom stereocenters. The smallest absolute Gasteiger partial charge is 0.306 e. The van der Waals surface area contributed by atoms with Crippen molar-refractivity contribution in [3.05, 3.63) is 0 Å². The number of nitrogens with one attached hydrogen (secondary N) is 1. The fourth-order valence-electron chi connectivity index (χ4n) is 2.83. The average Bonchev–Trinajstić information content (AvgIpc) is 2.86. The van der Waals surface area contributed by atoms with Crippen LogP contribution >= 0.6 is 0 Å². The Hall–Kier alpha value is -1.06. The van der Waals surface area contributed by atoms with E-state index in [1.807, 2.05) is 0 Å². The average molecular weight is 225 g/mol. The molecule has 4 heteroatoms. The van der Waals surface area contributed by atoms with E-state index in [2.05, 4.69) is 5.32 Å². The van der Waals surface area contributed by atoms with Crippen molar-refractivity contribution in [2.45, 2.75) is 51.0 Å². The van der Waals surface area contributed by atoms with E-state index >= 15 is 0 Å². The lowest BCUT2D eigenvalue weighted by molar-refractivity contribution is -0.141. The maximum absolute atomic E-state index is 11.9. The molecule has 0 saturated heterocycles. The second-order valence-corrected chi connectivity index (χ2v) is 5.04. The van der Waals surface area contributed by atoms with Crippen LogP contribution < -0.4 is 5.32 Å². The molecule has 2 N–H and O–H groups in total. The van der Waals surface area contributed by atoms with Crippen LogP contribution in [0.5, 0.6) is 0 Å². The van der Waals surface area contributed by atoms with Gasteiger partial charge in [-0.05, 0) is 32.1 Å². The molecule has 0 unspecified atom stereocenters. The van der Waals surface area contributed by atoms with Crippen molar-refractivity contribution in [2.75, 3.05) is 0 Å². The van der Waals surface area contributed by atoms with Crippen LogP contribution in [0, 0.1) is 11.8 Å². The number of carbonyl (C=O) groups excluding carboxylic acids is 1. The van der Waals surface area contributed by atoms with Crippen molar-refractivity contribution in [1.82, 2.24) is 5.32 Å². The molecule has 2 saturated carbocycles. The third kappa shape index (κ3) is 2.54. The van der Waals surface area contributed by atoms with Gasteiger partial charge in [0.15, 0.2) is 0 Å². The quantitative estimate of drug-likeness (QED) is 0.765. The summed E-state index contributed by atoms with van der Waals surface area (Å²) in [6.45, 7) is 0. The van der Waals surface area contributed by atoms with E-state index in [9.17, 15) is 9.59 Å². The van der Waals surface area contributed by atoms with E-state index in [0.29, 0.717) is 18.9 Å². The third-order valence-corrected chi connectivity index (χ3v) is 3.85. The molecule has 2 aliphatic carbocycles. The van der Waals surface area contributed by atoms with E-state index in [1.165, 1.54) is 12.8 Å². The van der Waals surface area contributed by atoms with E-state index in [0.717, 1.165) is 19.3 Å². The van der Waals surface area contributed by atoms with Gasteiger partial charge in [0.2, 0.25) is 5.91 Å². The van der Waals surface area contributed by atoms with Gasteiger partial charge in [-0.25, -0.2) is 0 Å². The summed E-state index contributed by atoms with van der Waals surface area (Å²) in [6, 6.07) is 0.344. The van der Waals surface area contributed by atoms with Crippen LogP contribution in [0.15, 0.2) is 0 Å². The van der Waals surface area contributed by atoms with Gasteiger partial charge in [-0.2, -0.15) is 0 Å². The minimum Gasteiger partial charge on any atom is -0.481 e. The van der Waals surface area contributed by atoms with Crippen LogP contribution in [0.25, 0.3) is 0 Å². The van der Waals surface area contributed by atoms with Gasteiger partial charge in [0.05, 0.1) is 5.92 Å². The summed E-state index contributed by atoms with van der Waals surface area (Å²) in [4.78, 5) is 22.6. The normalized spacial score (nSPS) is 30.5. The Morgan fingerprint density at radius 2 is 1.62 bits per heavy atom. The van der Waals surface area contributed by atoms with Gasteiger partial charge in [0.25, 0.3) is 0 Å². The zero-order valence-electron chi connectivity index (χ0n) is 9.45. The van der Waals surface area contributed by atoms with Gasteiger partial charge in [-0.1, -0.05) is 12.8 Å². The lowest BCUT2D eigenvalue weighted by Crippen LogP contribution is -2.36. The van der Waals surface area contributed by atoms with E-state index in [1.54, 1.807) is 0 Å². The molecule has 2 rings (SSSR count). The van der Waals surface area contributed by atoms with Crippen molar-refractivity contribution in [3.63, 3.8) is 0 Å². The number of carboxylic acids is 1. The first-order valence-electron chi connectivity index (χ1n) is 6.20. The van der Waals surface area contributed by atoms with Crippen molar-refractivity contribution in [3.8, 4) is 0 Å². The summed E-state index contributed by atoms with van der Waals surface area (Å²) >= 11 is 0. The molecule has 0 aromatic heterocycles. The van der Waals surface area contributed by atoms with Gasteiger partial charge in [-0.15, -0.1) is 0 Å². The molecule has 2 aliphatic rings. The Bertz CT molecular complexity index is 284. The Balaban J connectivity index is 1.79.